The van der Waals surface area contributed by atoms with Crippen molar-refractivity contribution in [1.29, 1.82) is 0 Å². The maximum Gasteiger partial charge on any atom is 0.191 e. The molecule has 2 saturated carbocycles. The molecule has 2 fully saturated rings. The number of hydrogen-bond donors (Lipinski definition) is 2. The molecule has 0 aliphatic heterocycles. The van der Waals surface area contributed by atoms with Crippen molar-refractivity contribution in [3.05, 3.63) is 0 Å². The highest BCUT2D eigenvalue weighted by Gasteiger charge is 2.45. The van der Waals surface area contributed by atoms with Crippen molar-refractivity contribution < 1.29 is 8.42 Å². The molecule has 136 valence electrons. The van der Waals surface area contributed by atoms with Gasteiger partial charge in [-0.1, -0.05) is 19.8 Å². The van der Waals surface area contributed by atoms with E-state index in [2.05, 4.69) is 22.5 Å². The minimum Gasteiger partial charge on any atom is -0.356 e. The van der Waals surface area contributed by atoms with Gasteiger partial charge in [0.2, 0.25) is 0 Å². The van der Waals surface area contributed by atoms with Gasteiger partial charge in [-0.3, -0.25) is 4.99 Å². The fourth-order valence-corrected chi connectivity index (χ4v) is 5.15. The molecule has 23 heavy (non-hydrogen) atoms. The zero-order valence-corrected chi connectivity index (χ0v) is 17.8. The molecule has 0 unspecified atom stereocenters. The second-order valence-electron chi connectivity index (χ2n) is 7.41. The second kappa shape index (κ2) is 8.36. The Bertz CT molecular complexity index is 509. The molecule has 0 heterocycles. The van der Waals surface area contributed by atoms with Crippen LogP contribution in [0.1, 0.15) is 51.9 Å². The van der Waals surface area contributed by atoms with Crippen molar-refractivity contribution in [2.75, 3.05) is 32.1 Å². The van der Waals surface area contributed by atoms with Gasteiger partial charge in [-0.05, 0) is 37.5 Å². The van der Waals surface area contributed by atoms with Crippen molar-refractivity contribution in [2.45, 2.75) is 51.9 Å². The van der Waals surface area contributed by atoms with Gasteiger partial charge in [0, 0.05) is 31.8 Å². The van der Waals surface area contributed by atoms with E-state index in [0.29, 0.717) is 12.0 Å². The van der Waals surface area contributed by atoms with E-state index in [1.165, 1.54) is 38.4 Å². The molecule has 0 bridgehead atoms. The molecule has 0 amide bonds. The van der Waals surface area contributed by atoms with Crippen LogP contribution in [0.4, 0.5) is 0 Å². The Hall–Kier alpha value is -0.0500. The molecule has 0 radical (unpaired) electrons. The summed E-state index contributed by atoms with van der Waals surface area (Å²) in [6.07, 6.45) is 9.77. The fourth-order valence-electron chi connectivity index (χ4n) is 3.65. The molecular formula is C16H32IN3O2S. The summed E-state index contributed by atoms with van der Waals surface area (Å²) in [7, 11) is -1.14. The van der Waals surface area contributed by atoms with Crippen LogP contribution in [0.15, 0.2) is 4.99 Å². The van der Waals surface area contributed by atoms with E-state index in [4.69, 9.17) is 0 Å². The number of sulfone groups is 1. The highest BCUT2D eigenvalue weighted by atomic mass is 127. The third-order valence-corrected chi connectivity index (χ3v) is 6.56. The van der Waals surface area contributed by atoms with E-state index < -0.39 is 9.84 Å². The van der Waals surface area contributed by atoms with E-state index in [0.717, 1.165) is 25.3 Å². The van der Waals surface area contributed by atoms with Gasteiger partial charge in [-0.2, -0.15) is 0 Å². The van der Waals surface area contributed by atoms with Gasteiger partial charge < -0.3 is 10.6 Å². The van der Waals surface area contributed by atoms with Gasteiger partial charge in [0.05, 0.1) is 5.75 Å². The third kappa shape index (κ3) is 6.40. The molecule has 2 rings (SSSR count). The van der Waals surface area contributed by atoms with Gasteiger partial charge in [0.15, 0.2) is 5.96 Å². The zero-order chi connectivity index (χ0) is 16.3. The van der Waals surface area contributed by atoms with Crippen molar-refractivity contribution in [2.24, 2.45) is 15.8 Å². The lowest BCUT2D eigenvalue weighted by atomic mass is 9.83. The van der Waals surface area contributed by atoms with Crippen LogP contribution >= 0.6 is 24.0 Å². The summed E-state index contributed by atoms with van der Waals surface area (Å²) in [5.41, 5.74) is 0.350. The predicted octanol–water partition coefficient (Wildman–Crippen LogP) is 2.56. The maximum atomic E-state index is 11.5. The Kier molecular flexibility index (Phi) is 7.63. The Balaban J connectivity index is 0.00000264. The second-order valence-corrected chi connectivity index (χ2v) is 9.55. The van der Waals surface area contributed by atoms with Crippen LogP contribution in [0.3, 0.4) is 0 Å². The number of aliphatic imine (C=N–C) groups is 1. The molecule has 0 aromatic heterocycles. The van der Waals surface area contributed by atoms with Crippen LogP contribution in [-0.2, 0) is 9.84 Å². The topological polar surface area (TPSA) is 70.6 Å². The molecule has 0 atom stereocenters. The van der Waals surface area contributed by atoms with Gasteiger partial charge in [0.1, 0.15) is 9.84 Å². The van der Waals surface area contributed by atoms with Gasteiger partial charge in [-0.25, -0.2) is 8.42 Å². The molecule has 0 aromatic carbocycles. The Morgan fingerprint density at radius 2 is 1.57 bits per heavy atom. The Labute approximate surface area is 158 Å². The molecule has 2 aliphatic rings. The summed E-state index contributed by atoms with van der Waals surface area (Å²) >= 11 is 0. The molecule has 2 N–H and O–H groups in total. The molecule has 7 heteroatoms. The largest absolute Gasteiger partial charge is 0.356 e. The molecule has 0 spiro atoms. The molecule has 5 nitrogen and oxygen atoms in total. The van der Waals surface area contributed by atoms with E-state index in [1.54, 1.807) is 7.05 Å². The summed E-state index contributed by atoms with van der Waals surface area (Å²) in [4.78, 5) is 4.29. The van der Waals surface area contributed by atoms with Crippen molar-refractivity contribution >= 4 is 39.8 Å². The first-order valence-corrected chi connectivity index (χ1v) is 10.5. The van der Waals surface area contributed by atoms with Gasteiger partial charge in [0.25, 0.3) is 0 Å². The van der Waals surface area contributed by atoms with Gasteiger partial charge >= 0.3 is 0 Å². The standard InChI is InChI=1S/C16H31N3O2S.HI/c1-4-15(7-5-6-8-15)11-18-14(17-2)19-12-16(9-10-16)13-22(3,20)21;/h4-13H2,1-3H3,(H2,17,18,19);1H. The normalized spacial score (nSPS) is 22.3. The monoisotopic (exact) mass is 457 g/mol. The lowest BCUT2D eigenvalue weighted by molar-refractivity contribution is 0.283. The van der Waals surface area contributed by atoms with Crippen molar-refractivity contribution in [3.63, 3.8) is 0 Å². The summed E-state index contributed by atoms with van der Waals surface area (Å²) in [5.74, 6) is 1.09. The van der Waals surface area contributed by atoms with Crippen molar-refractivity contribution in [1.82, 2.24) is 10.6 Å². The first-order valence-electron chi connectivity index (χ1n) is 8.44. The van der Waals surface area contributed by atoms with Crippen LogP contribution < -0.4 is 10.6 Å². The predicted molar refractivity (Wildman–Crippen MR) is 107 cm³/mol. The molecule has 2 aliphatic carbocycles. The average molecular weight is 457 g/mol. The summed E-state index contributed by atoms with van der Waals surface area (Å²) in [5, 5.41) is 6.79. The lowest BCUT2D eigenvalue weighted by Crippen LogP contribution is -2.45. The third-order valence-electron chi connectivity index (χ3n) is 5.42. The summed E-state index contributed by atoms with van der Waals surface area (Å²) in [6, 6.07) is 0. The SMILES string of the molecule is CCC1(CNC(=NC)NCC2(CS(C)(=O)=O)CC2)CCCC1.I. The van der Waals surface area contributed by atoms with Crippen LogP contribution in [0.25, 0.3) is 0 Å². The molecular weight excluding hydrogens is 425 g/mol. The van der Waals surface area contributed by atoms with Crippen LogP contribution in [0.2, 0.25) is 0 Å². The highest BCUT2D eigenvalue weighted by molar-refractivity contribution is 14.0. The number of halogens is 1. The number of nitrogens with one attached hydrogen (secondary N) is 2. The number of guanidine groups is 1. The van der Waals surface area contributed by atoms with Crippen molar-refractivity contribution in [3.8, 4) is 0 Å². The number of hydrogen-bond acceptors (Lipinski definition) is 3. The first kappa shape index (κ1) is 21.0. The Morgan fingerprint density at radius 3 is 1.96 bits per heavy atom. The summed E-state index contributed by atoms with van der Waals surface area (Å²) < 4.78 is 23.0. The fraction of sp³-hybridized carbons (Fsp3) is 0.938. The zero-order valence-electron chi connectivity index (χ0n) is 14.7. The van der Waals surface area contributed by atoms with E-state index >= 15 is 0 Å². The van der Waals surface area contributed by atoms with E-state index in [-0.39, 0.29) is 35.1 Å². The highest BCUT2D eigenvalue weighted by Crippen LogP contribution is 2.46. The quantitative estimate of drug-likeness (QED) is 0.350. The molecule has 0 saturated heterocycles. The average Bonchev–Trinajstić information content (AvgIpc) is 3.03. The minimum atomic E-state index is -2.91. The number of rotatable bonds is 7. The molecule has 0 aromatic rings. The lowest BCUT2D eigenvalue weighted by Gasteiger charge is -2.29. The van der Waals surface area contributed by atoms with Gasteiger partial charge in [-0.15, -0.1) is 24.0 Å². The van der Waals surface area contributed by atoms with Crippen LogP contribution in [0.5, 0.6) is 0 Å². The minimum absolute atomic E-state index is 0. The maximum absolute atomic E-state index is 11.5. The van der Waals surface area contributed by atoms with E-state index in [9.17, 15) is 8.42 Å². The summed E-state index contributed by atoms with van der Waals surface area (Å²) in [6.45, 7) is 3.93. The van der Waals surface area contributed by atoms with Crippen LogP contribution in [0, 0.1) is 10.8 Å². The smallest absolute Gasteiger partial charge is 0.191 e. The van der Waals surface area contributed by atoms with E-state index in [1.807, 2.05) is 0 Å². The first-order chi connectivity index (χ1) is 10.3. The Morgan fingerprint density at radius 1 is 1.04 bits per heavy atom. The van der Waals surface area contributed by atoms with Crippen LogP contribution in [-0.4, -0.2) is 46.5 Å². The number of nitrogens with zero attached hydrogens (tertiary/aromatic N) is 1.